The molecule has 0 bridgehead atoms. The van der Waals surface area contributed by atoms with E-state index in [1.165, 1.54) is 11.3 Å². The van der Waals surface area contributed by atoms with Crippen molar-refractivity contribution in [3.8, 4) is 11.5 Å². The van der Waals surface area contributed by atoms with Crippen molar-refractivity contribution >= 4 is 28.3 Å². The van der Waals surface area contributed by atoms with Crippen LogP contribution in [0.1, 0.15) is 60.8 Å². The first-order chi connectivity index (χ1) is 15.0. The van der Waals surface area contributed by atoms with Crippen LogP contribution in [0.25, 0.3) is 0 Å². The van der Waals surface area contributed by atoms with E-state index in [1.54, 1.807) is 37.3 Å². The van der Waals surface area contributed by atoms with Crippen LogP contribution in [0.5, 0.6) is 11.5 Å². The molecule has 1 aromatic carbocycles. The second-order valence-electron chi connectivity index (χ2n) is 7.62. The Bertz CT molecular complexity index is 882. The summed E-state index contributed by atoms with van der Waals surface area (Å²) in [5.41, 5.74) is 0.516. The summed E-state index contributed by atoms with van der Waals surface area (Å²) in [7, 11) is 3.11. The second kappa shape index (κ2) is 10.6. The molecule has 1 fully saturated rings. The minimum absolute atomic E-state index is 0.0533. The summed E-state index contributed by atoms with van der Waals surface area (Å²) in [5.74, 6) is 1.23. The maximum absolute atomic E-state index is 12.9. The van der Waals surface area contributed by atoms with Gasteiger partial charge in [0.15, 0.2) is 0 Å². The van der Waals surface area contributed by atoms with Crippen LogP contribution in [0.4, 0.5) is 5.13 Å². The van der Waals surface area contributed by atoms with Gasteiger partial charge in [-0.1, -0.05) is 25.2 Å². The number of amides is 2. The molecule has 168 valence electrons. The van der Waals surface area contributed by atoms with Gasteiger partial charge in [-0.15, -0.1) is 10.2 Å². The molecule has 0 aliphatic carbocycles. The third-order valence-electron chi connectivity index (χ3n) is 5.76. The normalized spacial score (nSPS) is 14.5. The summed E-state index contributed by atoms with van der Waals surface area (Å²) < 4.78 is 10.5. The number of rotatable bonds is 8. The number of likely N-dealkylation sites (tertiary alicyclic amines) is 1. The molecule has 0 atom stereocenters. The summed E-state index contributed by atoms with van der Waals surface area (Å²) in [5, 5.41) is 12.8. The first-order valence-electron chi connectivity index (χ1n) is 10.7. The van der Waals surface area contributed by atoms with Crippen molar-refractivity contribution < 1.29 is 19.1 Å². The van der Waals surface area contributed by atoms with Gasteiger partial charge < -0.3 is 19.7 Å². The highest BCUT2D eigenvalue weighted by Gasteiger charge is 2.29. The van der Waals surface area contributed by atoms with E-state index < -0.39 is 0 Å². The van der Waals surface area contributed by atoms with E-state index in [9.17, 15) is 9.59 Å². The number of nitrogens with one attached hydrogen (secondary N) is 1. The smallest absolute Gasteiger partial charge is 0.254 e. The zero-order chi connectivity index (χ0) is 22.4. The van der Waals surface area contributed by atoms with Crippen molar-refractivity contribution in [1.82, 2.24) is 15.1 Å². The van der Waals surface area contributed by atoms with Gasteiger partial charge in [-0.2, -0.15) is 0 Å². The van der Waals surface area contributed by atoms with Crippen molar-refractivity contribution in [2.24, 2.45) is 5.92 Å². The lowest BCUT2D eigenvalue weighted by Gasteiger charge is -2.31. The van der Waals surface area contributed by atoms with E-state index in [2.05, 4.69) is 29.4 Å². The van der Waals surface area contributed by atoms with Crippen LogP contribution in [0, 0.1) is 5.92 Å². The lowest BCUT2D eigenvalue weighted by molar-refractivity contribution is -0.121. The van der Waals surface area contributed by atoms with Gasteiger partial charge in [-0.05, 0) is 37.8 Å². The molecule has 0 spiro atoms. The molecule has 1 aliphatic rings. The number of benzene rings is 1. The lowest BCUT2D eigenvalue weighted by Crippen LogP contribution is -2.41. The topological polar surface area (TPSA) is 93.7 Å². The number of nitrogens with zero attached hydrogens (tertiary/aromatic N) is 3. The van der Waals surface area contributed by atoms with Gasteiger partial charge in [0.05, 0.1) is 14.2 Å². The number of aromatic nitrogens is 2. The Morgan fingerprint density at radius 2 is 1.71 bits per heavy atom. The molecule has 31 heavy (non-hydrogen) atoms. The van der Waals surface area contributed by atoms with Crippen LogP contribution in [0.15, 0.2) is 18.2 Å². The van der Waals surface area contributed by atoms with Crippen molar-refractivity contribution in [3.05, 3.63) is 28.8 Å². The molecule has 1 aromatic heterocycles. The molecule has 1 N–H and O–H groups in total. The minimum atomic E-state index is -0.149. The molecular weight excluding hydrogens is 416 g/mol. The number of hydrogen-bond acceptors (Lipinski definition) is 7. The van der Waals surface area contributed by atoms with Gasteiger partial charge in [-0.25, -0.2) is 0 Å². The van der Waals surface area contributed by atoms with Crippen LogP contribution in [-0.2, 0) is 4.79 Å². The van der Waals surface area contributed by atoms with E-state index in [4.69, 9.17) is 9.47 Å². The van der Waals surface area contributed by atoms with Gasteiger partial charge in [0.25, 0.3) is 5.91 Å². The molecule has 1 aliphatic heterocycles. The Labute approximate surface area is 186 Å². The highest BCUT2D eigenvalue weighted by molar-refractivity contribution is 7.15. The summed E-state index contributed by atoms with van der Waals surface area (Å²) in [6.07, 6.45) is 3.23. The van der Waals surface area contributed by atoms with Gasteiger partial charge >= 0.3 is 0 Å². The molecule has 8 nitrogen and oxygen atoms in total. The summed E-state index contributed by atoms with van der Waals surface area (Å²) in [6.45, 7) is 5.30. The van der Waals surface area contributed by atoms with Crippen LogP contribution in [-0.4, -0.2) is 54.2 Å². The Morgan fingerprint density at radius 1 is 1.10 bits per heavy atom. The molecule has 2 amide bonds. The predicted molar refractivity (Wildman–Crippen MR) is 120 cm³/mol. The Hall–Kier alpha value is -2.68. The molecule has 0 saturated carbocycles. The summed E-state index contributed by atoms with van der Waals surface area (Å²) >= 11 is 1.45. The molecule has 1 saturated heterocycles. The maximum atomic E-state index is 12.9. The fourth-order valence-corrected chi connectivity index (χ4v) is 4.77. The number of carbonyl (C=O) groups excluding carboxylic acids is 2. The van der Waals surface area contributed by atoms with E-state index in [0.29, 0.717) is 54.0 Å². The quantitative estimate of drug-likeness (QED) is 0.660. The van der Waals surface area contributed by atoms with E-state index in [0.717, 1.165) is 17.8 Å². The molecule has 0 unspecified atom stereocenters. The number of ether oxygens (including phenoxy) is 2. The Balaban J connectivity index is 1.57. The Morgan fingerprint density at radius 3 is 2.26 bits per heavy atom. The monoisotopic (exact) mass is 446 g/mol. The third kappa shape index (κ3) is 5.52. The fourth-order valence-electron chi connectivity index (χ4n) is 3.75. The van der Waals surface area contributed by atoms with Crippen LogP contribution < -0.4 is 14.8 Å². The number of hydrogen-bond donors (Lipinski definition) is 1. The first kappa shape index (κ1) is 23.0. The van der Waals surface area contributed by atoms with E-state index in [-0.39, 0.29) is 17.7 Å². The molecule has 9 heteroatoms. The van der Waals surface area contributed by atoms with Gasteiger partial charge in [0.1, 0.15) is 16.5 Å². The molecule has 2 aromatic rings. The number of methoxy groups -OCH3 is 2. The van der Waals surface area contributed by atoms with Crippen LogP contribution >= 0.6 is 11.3 Å². The largest absolute Gasteiger partial charge is 0.497 e. The van der Waals surface area contributed by atoms with Crippen molar-refractivity contribution in [3.63, 3.8) is 0 Å². The second-order valence-corrected chi connectivity index (χ2v) is 8.63. The SMILES string of the molecule is CCC(CC)c1nnc(NC(=O)C2CCN(C(=O)c3cc(OC)cc(OC)c3)CC2)s1. The zero-order valence-corrected chi connectivity index (χ0v) is 19.3. The molecule has 0 radical (unpaired) electrons. The third-order valence-corrected chi connectivity index (χ3v) is 6.76. The average molecular weight is 447 g/mol. The molecule has 2 heterocycles. The number of piperidine rings is 1. The van der Waals surface area contributed by atoms with Crippen molar-refractivity contribution in [2.75, 3.05) is 32.6 Å². The molecular formula is C22H30N4O4S. The fraction of sp³-hybridized carbons (Fsp3) is 0.545. The zero-order valence-electron chi connectivity index (χ0n) is 18.5. The van der Waals surface area contributed by atoms with Gasteiger partial charge in [0, 0.05) is 36.6 Å². The van der Waals surface area contributed by atoms with Crippen molar-refractivity contribution in [2.45, 2.75) is 45.4 Å². The minimum Gasteiger partial charge on any atom is -0.497 e. The first-order valence-corrected chi connectivity index (χ1v) is 11.5. The van der Waals surface area contributed by atoms with Crippen LogP contribution in [0.3, 0.4) is 0 Å². The highest BCUT2D eigenvalue weighted by atomic mass is 32.1. The maximum Gasteiger partial charge on any atom is 0.254 e. The van der Waals surface area contributed by atoms with E-state index in [1.807, 2.05) is 0 Å². The molecule has 3 rings (SSSR count). The summed E-state index contributed by atoms with van der Waals surface area (Å²) in [4.78, 5) is 27.4. The van der Waals surface area contributed by atoms with Crippen molar-refractivity contribution in [1.29, 1.82) is 0 Å². The lowest BCUT2D eigenvalue weighted by atomic mass is 9.95. The highest BCUT2D eigenvalue weighted by Crippen LogP contribution is 2.29. The summed E-state index contributed by atoms with van der Waals surface area (Å²) in [6, 6.07) is 5.14. The number of carbonyl (C=O) groups is 2. The Kier molecular flexibility index (Phi) is 7.84. The predicted octanol–water partition coefficient (Wildman–Crippen LogP) is 3.95. The standard InChI is InChI=1S/C22H30N4O4S/c1-5-14(6-2)20-24-25-22(31-20)23-19(27)15-7-9-26(10-8-15)21(28)16-11-17(29-3)13-18(12-16)30-4/h11-15H,5-10H2,1-4H3,(H,23,25,27). The average Bonchev–Trinajstić information content (AvgIpc) is 3.27. The number of anilines is 1. The van der Waals surface area contributed by atoms with Gasteiger partial charge in [0.2, 0.25) is 11.0 Å². The van der Waals surface area contributed by atoms with Gasteiger partial charge in [-0.3, -0.25) is 9.59 Å². The van der Waals surface area contributed by atoms with Crippen LogP contribution in [0.2, 0.25) is 0 Å². The van der Waals surface area contributed by atoms with E-state index >= 15 is 0 Å².